The summed E-state index contributed by atoms with van der Waals surface area (Å²) in [6.07, 6.45) is 4.99. The van der Waals surface area contributed by atoms with E-state index in [-0.39, 0.29) is 42.1 Å². The number of rotatable bonds is 3. The molecule has 1 spiro atoms. The van der Waals surface area contributed by atoms with Crippen LogP contribution in [0.5, 0.6) is 0 Å². The third-order valence-corrected chi connectivity index (χ3v) is 6.57. The fourth-order valence-electron chi connectivity index (χ4n) is 4.46. The van der Waals surface area contributed by atoms with Crippen LogP contribution >= 0.6 is 0 Å². The topological polar surface area (TPSA) is 70.1 Å². The third kappa shape index (κ3) is 2.84. The molecule has 0 bridgehead atoms. The third-order valence-electron chi connectivity index (χ3n) is 6.57. The number of morpholine rings is 1. The van der Waals surface area contributed by atoms with Crippen LogP contribution in [0, 0.1) is 11.8 Å². The van der Waals surface area contributed by atoms with E-state index in [2.05, 4.69) is 6.92 Å². The molecule has 2 aliphatic heterocycles. The molecule has 134 valence electrons. The van der Waals surface area contributed by atoms with Crippen molar-refractivity contribution in [3.8, 4) is 0 Å². The molecule has 2 saturated carbocycles. The lowest BCUT2D eigenvalue weighted by atomic mass is 9.79. The molecule has 1 N–H and O–H groups in total. The van der Waals surface area contributed by atoms with Crippen LogP contribution in [0.1, 0.15) is 45.4 Å². The maximum Gasteiger partial charge on any atom is 0.248 e. The summed E-state index contributed by atoms with van der Waals surface area (Å²) in [6.45, 7) is 4.55. The van der Waals surface area contributed by atoms with Gasteiger partial charge in [0.05, 0.1) is 17.7 Å². The van der Waals surface area contributed by atoms with Crippen molar-refractivity contribution >= 4 is 11.8 Å². The normalized spacial score (nSPS) is 35.9. The lowest BCUT2D eigenvalue weighted by Gasteiger charge is -2.52. The number of amides is 2. The van der Waals surface area contributed by atoms with E-state index in [1.54, 1.807) is 0 Å². The van der Waals surface area contributed by atoms with Gasteiger partial charge in [-0.15, -0.1) is 0 Å². The Morgan fingerprint density at radius 3 is 2.54 bits per heavy atom. The highest BCUT2D eigenvalue weighted by molar-refractivity contribution is 5.80. The number of hydrogen-bond acceptors (Lipinski definition) is 4. The van der Waals surface area contributed by atoms with Crippen molar-refractivity contribution in [1.29, 1.82) is 0 Å². The highest BCUT2D eigenvalue weighted by Crippen LogP contribution is 2.39. The molecule has 0 unspecified atom stereocenters. The van der Waals surface area contributed by atoms with Crippen molar-refractivity contribution in [3.63, 3.8) is 0 Å². The predicted octanol–water partition coefficient (Wildman–Crippen LogP) is 0.776. The van der Waals surface area contributed by atoms with Crippen LogP contribution in [0.2, 0.25) is 0 Å². The summed E-state index contributed by atoms with van der Waals surface area (Å²) < 4.78 is 6.04. The van der Waals surface area contributed by atoms with E-state index in [1.165, 1.54) is 12.8 Å². The van der Waals surface area contributed by atoms with Crippen molar-refractivity contribution in [2.24, 2.45) is 11.8 Å². The summed E-state index contributed by atoms with van der Waals surface area (Å²) >= 11 is 0. The van der Waals surface area contributed by atoms with Crippen molar-refractivity contribution in [2.45, 2.75) is 63.2 Å². The molecule has 2 saturated heterocycles. The Morgan fingerprint density at radius 2 is 1.96 bits per heavy atom. The van der Waals surface area contributed by atoms with Gasteiger partial charge in [-0.05, 0) is 51.4 Å². The smallest absolute Gasteiger partial charge is 0.248 e. The highest BCUT2D eigenvalue weighted by Gasteiger charge is 2.50. The van der Waals surface area contributed by atoms with Gasteiger partial charge in [0.25, 0.3) is 0 Å². The molecule has 4 fully saturated rings. The highest BCUT2D eigenvalue weighted by atomic mass is 16.5. The standard InChI is InChI=1S/C18H28N2O4/c1-12-18(24-11-16(22)20(12)10-13-2-3-13)4-6-19(7-5-18)17(23)14-8-15(21)9-14/h12-15,21H,2-11H2,1H3/t12-,14?,15?/m0/s1. The monoisotopic (exact) mass is 336 g/mol. The number of hydrogen-bond donors (Lipinski definition) is 1. The van der Waals surface area contributed by atoms with Crippen molar-refractivity contribution in [3.05, 3.63) is 0 Å². The number of carbonyl (C=O) groups is 2. The maximum absolute atomic E-state index is 12.5. The molecule has 2 heterocycles. The molecule has 1 atom stereocenters. The average molecular weight is 336 g/mol. The number of aliphatic hydroxyl groups is 1. The van der Waals surface area contributed by atoms with E-state index < -0.39 is 0 Å². The number of likely N-dealkylation sites (tertiary alicyclic amines) is 1. The minimum Gasteiger partial charge on any atom is -0.393 e. The van der Waals surface area contributed by atoms with Gasteiger partial charge in [0.1, 0.15) is 6.61 Å². The van der Waals surface area contributed by atoms with Gasteiger partial charge in [0, 0.05) is 25.6 Å². The largest absolute Gasteiger partial charge is 0.393 e. The number of carbonyl (C=O) groups excluding carboxylic acids is 2. The Labute approximate surface area is 143 Å². The second-order valence-corrected chi connectivity index (χ2v) is 8.17. The summed E-state index contributed by atoms with van der Waals surface area (Å²) in [6, 6.07) is 0.0853. The molecule has 2 amide bonds. The van der Waals surface area contributed by atoms with Gasteiger partial charge in [-0.2, -0.15) is 0 Å². The van der Waals surface area contributed by atoms with Crippen LogP contribution in [0.15, 0.2) is 0 Å². The summed E-state index contributed by atoms with van der Waals surface area (Å²) in [5, 5.41) is 9.40. The van der Waals surface area contributed by atoms with Crippen molar-refractivity contribution in [1.82, 2.24) is 9.80 Å². The van der Waals surface area contributed by atoms with Crippen LogP contribution in [-0.4, -0.2) is 70.7 Å². The zero-order valence-corrected chi connectivity index (χ0v) is 14.4. The number of nitrogens with zero attached hydrogens (tertiary/aromatic N) is 2. The fraction of sp³-hybridized carbons (Fsp3) is 0.889. The molecular weight excluding hydrogens is 308 g/mol. The fourth-order valence-corrected chi connectivity index (χ4v) is 4.46. The zero-order chi connectivity index (χ0) is 16.9. The van der Waals surface area contributed by atoms with Crippen LogP contribution in [0.4, 0.5) is 0 Å². The van der Waals surface area contributed by atoms with Gasteiger partial charge in [0.2, 0.25) is 11.8 Å². The molecule has 24 heavy (non-hydrogen) atoms. The molecule has 0 aromatic carbocycles. The second kappa shape index (κ2) is 5.99. The molecule has 6 nitrogen and oxygen atoms in total. The summed E-state index contributed by atoms with van der Waals surface area (Å²) in [5.74, 6) is 0.983. The van der Waals surface area contributed by atoms with E-state index >= 15 is 0 Å². The second-order valence-electron chi connectivity index (χ2n) is 8.17. The van der Waals surface area contributed by atoms with E-state index in [0.29, 0.717) is 31.8 Å². The van der Waals surface area contributed by atoms with Crippen LogP contribution in [0.25, 0.3) is 0 Å². The first-order chi connectivity index (χ1) is 11.5. The quantitative estimate of drug-likeness (QED) is 0.827. The SMILES string of the molecule is C[C@@H]1N(CC2CC2)C(=O)COC12CCN(C(=O)C1CC(O)C1)CC2. The van der Waals surface area contributed by atoms with Gasteiger partial charge in [-0.25, -0.2) is 0 Å². The molecular formula is C18H28N2O4. The van der Waals surface area contributed by atoms with E-state index in [4.69, 9.17) is 4.74 Å². The minimum absolute atomic E-state index is 0.00619. The predicted molar refractivity (Wildman–Crippen MR) is 87.1 cm³/mol. The van der Waals surface area contributed by atoms with Crippen LogP contribution in [0.3, 0.4) is 0 Å². The zero-order valence-electron chi connectivity index (χ0n) is 14.4. The van der Waals surface area contributed by atoms with Gasteiger partial charge >= 0.3 is 0 Å². The van der Waals surface area contributed by atoms with Crippen molar-refractivity contribution < 1.29 is 19.4 Å². The minimum atomic E-state index is -0.293. The summed E-state index contributed by atoms with van der Waals surface area (Å²) in [7, 11) is 0. The number of ether oxygens (including phenoxy) is 1. The van der Waals surface area contributed by atoms with E-state index in [0.717, 1.165) is 19.4 Å². The average Bonchev–Trinajstić information content (AvgIpc) is 3.37. The van der Waals surface area contributed by atoms with Gasteiger partial charge < -0.3 is 19.6 Å². The first-order valence-electron chi connectivity index (χ1n) is 9.39. The van der Waals surface area contributed by atoms with Crippen LogP contribution < -0.4 is 0 Å². The summed E-state index contributed by atoms with van der Waals surface area (Å²) in [4.78, 5) is 28.7. The Kier molecular flexibility index (Phi) is 4.07. The molecule has 0 aromatic rings. The first kappa shape index (κ1) is 16.3. The molecule has 0 aromatic heterocycles. The van der Waals surface area contributed by atoms with Crippen molar-refractivity contribution in [2.75, 3.05) is 26.2 Å². The lowest BCUT2D eigenvalue weighted by molar-refractivity contribution is -0.189. The Hall–Kier alpha value is -1.14. The number of piperidine rings is 1. The lowest BCUT2D eigenvalue weighted by Crippen LogP contribution is -2.64. The molecule has 4 rings (SSSR count). The van der Waals surface area contributed by atoms with E-state index in [9.17, 15) is 14.7 Å². The Morgan fingerprint density at radius 1 is 1.29 bits per heavy atom. The Bertz CT molecular complexity index is 519. The molecule has 4 aliphatic rings. The molecule has 2 aliphatic carbocycles. The maximum atomic E-state index is 12.5. The Balaban J connectivity index is 1.38. The molecule has 0 radical (unpaired) electrons. The summed E-state index contributed by atoms with van der Waals surface area (Å²) in [5.41, 5.74) is -0.293. The van der Waals surface area contributed by atoms with Gasteiger partial charge in [0.15, 0.2) is 0 Å². The van der Waals surface area contributed by atoms with Gasteiger partial charge in [-0.3, -0.25) is 9.59 Å². The van der Waals surface area contributed by atoms with E-state index in [1.807, 2.05) is 9.80 Å². The first-order valence-corrected chi connectivity index (χ1v) is 9.39. The molecule has 6 heteroatoms. The number of aliphatic hydroxyl groups excluding tert-OH is 1. The van der Waals surface area contributed by atoms with Crippen LogP contribution in [-0.2, 0) is 14.3 Å². The van der Waals surface area contributed by atoms with Gasteiger partial charge in [-0.1, -0.05) is 0 Å².